The molecule has 1 saturated carbocycles. The van der Waals surface area contributed by atoms with Gasteiger partial charge in [-0.2, -0.15) is 0 Å². The first-order chi connectivity index (χ1) is 15.4. The maximum Gasteiger partial charge on any atom is 0.303 e. The normalized spacial score (nSPS) is 20.5. The Morgan fingerprint density at radius 2 is 1.45 bits per heavy atom. The SMILES string of the molecule is CC1(C)CC(N=C=O)CC(C)(CN=C=O)C1.O=C(O)CCCCC(=O)O.OCCOCCO. The van der Waals surface area contributed by atoms with Crippen LogP contribution in [0.15, 0.2) is 9.98 Å². The van der Waals surface area contributed by atoms with Crippen LogP contribution in [0.3, 0.4) is 0 Å². The molecule has 0 aromatic heterocycles. The maximum absolute atomic E-state index is 10.3. The van der Waals surface area contributed by atoms with E-state index in [1.807, 2.05) is 0 Å². The van der Waals surface area contributed by atoms with Crippen molar-refractivity contribution >= 4 is 24.1 Å². The number of carboxylic acid groups (broad SMARTS) is 2. The van der Waals surface area contributed by atoms with Crippen molar-refractivity contribution in [2.24, 2.45) is 20.8 Å². The molecule has 0 amide bonds. The van der Waals surface area contributed by atoms with Gasteiger partial charge < -0.3 is 25.2 Å². The number of carboxylic acids is 2. The van der Waals surface area contributed by atoms with E-state index in [1.165, 1.54) is 0 Å². The van der Waals surface area contributed by atoms with Gasteiger partial charge in [0.1, 0.15) is 0 Å². The molecule has 11 heteroatoms. The second-order valence-corrected chi connectivity index (χ2v) is 8.90. The highest BCUT2D eigenvalue weighted by Gasteiger charge is 2.41. The Kier molecular flexibility index (Phi) is 18.9. The van der Waals surface area contributed by atoms with Gasteiger partial charge in [0.05, 0.1) is 39.0 Å². The lowest BCUT2D eigenvalue weighted by Crippen LogP contribution is -2.39. The van der Waals surface area contributed by atoms with Gasteiger partial charge in [0.25, 0.3) is 0 Å². The number of ether oxygens (including phenoxy) is 1. The molecule has 33 heavy (non-hydrogen) atoms. The van der Waals surface area contributed by atoms with Gasteiger partial charge in [-0.05, 0) is 42.9 Å². The number of aliphatic hydroxyl groups excluding tert-OH is 2. The van der Waals surface area contributed by atoms with Crippen LogP contribution in [-0.4, -0.2) is 83.5 Å². The summed E-state index contributed by atoms with van der Waals surface area (Å²) in [7, 11) is 0. The van der Waals surface area contributed by atoms with Crippen molar-refractivity contribution in [3.05, 3.63) is 0 Å². The van der Waals surface area contributed by atoms with Crippen LogP contribution in [0.4, 0.5) is 0 Å². The van der Waals surface area contributed by atoms with Gasteiger partial charge in [-0.3, -0.25) is 9.59 Å². The first kappa shape index (κ1) is 32.8. The molecule has 4 N–H and O–H groups in total. The number of unbranched alkanes of at least 4 members (excludes halogenated alkanes) is 1. The second-order valence-electron chi connectivity index (χ2n) is 8.90. The van der Waals surface area contributed by atoms with E-state index in [9.17, 15) is 19.2 Å². The van der Waals surface area contributed by atoms with Crippen molar-refractivity contribution in [3.63, 3.8) is 0 Å². The Morgan fingerprint density at radius 1 is 0.939 bits per heavy atom. The van der Waals surface area contributed by atoms with E-state index in [1.54, 1.807) is 12.2 Å². The van der Waals surface area contributed by atoms with E-state index >= 15 is 0 Å². The first-order valence-corrected chi connectivity index (χ1v) is 10.8. The van der Waals surface area contributed by atoms with Crippen LogP contribution in [0.25, 0.3) is 0 Å². The lowest BCUT2D eigenvalue weighted by molar-refractivity contribution is -0.139. The number of carbonyl (C=O) groups is 2. The molecule has 2 unspecified atom stereocenters. The largest absolute Gasteiger partial charge is 0.481 e. The lowest BCUT2D eigenvalue weighted by atomic mass is 9.63. The Hall–Kier alpha value is -2.42. The zero-order chi connectivity index (χ0) is 25.8. The summed E-state index contributed by atoms with van der Waals surface area (Å²) in [6, 6.07) is 0.00750. The average Bonchev–Trinajstić information content (AvgIpc) is 2.70. The predicted molar refractivity (Wildman–Crippen MR) is 119 cm³/mol. The monoisotopic (exact) mass is 474 g/mol. The smallest absolute Gasteiger partial charge is 0.303 e. The zero-order valence-corrected chi connectivity index (χ0v) is 19.8. The molecule has 190 valence electrons. The number of hydrogen-bond acceptors (Lipinski definition) is 9. The van der Waals surface area contributed by atoms with E-state index < -0.39 is 11.9 Å². The molecule has 0 radical (unpaired) electrons. The summed E-state index contributed by atoms with van der Waals surface area (Å²) in [5.74, 6) is -1.74. The third kappa shape index (κ3) is 21.2. The van der Waals surface area contributed by atoms with Crippen LogP contribution in [-0.2, 0) is 23.9 Å². The fraction of sp³-hybridized carbons (Fsp3) is 0.818. The number of aliphatic imine (C=N–C) groups is 2. The predicted octanol–water partition coefficient (Wildman–Crippen LogP) is 1.95. The van der Waals surface area contributed by atoms with Crippen molar-refractivity contribution in [2.75, 3.05) is 33.0 Å². The van der Waals surface area contributed by atoms with E-state index in [2.05, 4.69) is 35.5 Å². The lowest BCUT2D eigenvalue weighted by Gasteiger charge is -2.44. The Balaban J connectivity index is 0. The van der Waals surface area contributed by atoms with E-state index in [0.717, 1.165) is 19.3 Å². The van der Waals surface area contributed by atoms with Gasteiger partial charge in [-0.25, -0.2) is 19.6 Å². The van der Waals surface area contributed by atoms with Gasteiger partial charge in [0.15, 0.2) is 0 Å². The van der Waals surface area contributed by atoms with Crippen molar-refractivity contribution in [2.45, 2.75) is 71.8 Å². The van der Waals surface area contributed by atoms with E-state index in [-0.39, 0.29) is 42.9 Å². The number of aliphatic hydroxyl groups is 2. The molecule has 0 aromatic rings. The number of isocyanates is 2. The highest BCUT2D eigenvalue weighted by Crippen LogP contribution is 2.47. The molecule has 0 aliphatic heterocycles. The fourth-order valence-electron chi connectivity index (χ4n) is 3.87. The van der Waals surface area contributed by atoms with Gasteiger partial charge in [0, 0.05) is 12.8 Å². The Morgan fingerprint density at radius 3 is 1.85 bits per heavy atom. The van der Waals surface area contributed by atoms with Gasteiger partial charge in [0.2, 0.25) is 12.2 Å². The van der Waals surface area contributed by atoms with Crippen molar-refractivity contribution < 1.29 is 44.3 Å². The maximum atomic E-state index is 10.3. The van der Waals surface area contributed by atoms with Crippen molar-refractivity contribution in [1.29, 1.82) is 0 Å². The number of nitrogens with zero attached hydrogens (tertiary/aromatic N) is 2. The van der Waals surface area contributed by atoms with Crippen LogP contribution in [0.1, 0.15) is 65.7 Å². The van der Waals surface area contributed by atoms with Crippen molar-refractivity contribution in [1.82, 2.24) is 0 Å². The second kappa shape index (κ2) is 19.1. The topological polar surface area (TPSA) is 183 Å². The molecule has 0 saturated heterocycles. The van der Waals surface area contributed by atoms with Gasteiger partial charge >= 0.3 is 11.9 Å². The third-order valence-electron chi connectivity index (χ3n) is 4.69. The summed E-state index contributed by atoms with van der Waals surface area (Å²) in [5, 5.41) is 32.4. The molecule has 1 rings (SSSR count). The Labute approximate surface area is 194 Å². The Bertz CT molecular complexity index is 636. The summed E-state index contributed by atoms with van der Waals surface area (Å²) >= 11 is 0. The van der Waals surface area contributed by atoms with E-state index in [4.69, 9.17) is 20.4 Å². The quantitative estimate of drug-likeness (QED) is 0.186. The third-order valence-corrected chi connectivity index (χ3v) is 4.69. The summed E-state index contributed by atoms with van der Waals surface area (Å²) < 4.78 is 4.63. The minimum atomic E-state index is -0.870. The number of rotatable bonds is 12. The zero-order valence-electron chi connectivity index (χ0n) is 19.8. The number of hydrogen-bond donors (Lipinski definition) is 4. The fourth-order valence-corrected chi connectivity index (χ4v) is 3.87. The first-order valence-electron chi connectivity index (χ1n) is 10.8. The molecule has 1 fully saturated rings. The molecule has 1 aliphatic carbocycles. The summed E-state index contributed by atoms with van der Waals surface area (Å²) in [5.41, 5.74) is 0.0561. The molecular formula is C22H38N2O9. The molecule has 0 heterocycles. The average molecular weight is 475 g/mol. The van der Waals surface area contributed by atoms with Crippen LogP contribution in [0.2, 0.25) is 0 Å². The minimum Gasteiger partial charge on any atom is -0.481 e. The van der Waals surface area contributed by atoms with Crippen LogP contribution in [0.5, 0.6) is 0 Å². The standard InChI is InChI=1S/C12H18N2O2.C6H10O4.C4H10O3/c1-11(2)4-10(14-9-16)5-12(3,6-11)7-13-8-15;7-5(8)3-1-2-4-6(9)10;5-1-3-7-4-2-6/h10H,4-7H2,1-3H3;1-4H2,(H,7,8)(H,9,10);5-6H,1-4H2. The molecule has 11 nitrogen and oxygen atoms in total. The minimum absolute atomic E-state index is 0.00750. The number of aliphatic carboxylic acids is 2. The van der Waals surface area contributed by atoms with Crippen LogP contribution in [0, 0.1) is 10.8 Å². The molecule has 2 atom stereocenters. The van der Waals surface area contributed by atoms with Crippen LogP contribution >= 0.6 is 0 Å². The summed E-state index contributed by atoms with van der Waals surface area (Å²) in [6.45, 7) is 7.55. The van der Waals surface area contributed by atoms with Gasteiger partial charge in [-0.15, -0.1) is 0 Å². The summed E-state index contributed by atoms with van der Waals surface area (Å²) in [4.78, 5) is 47.8. The van der Waals surface area contributed by atoms with E-state index in [0.29, 0.717) is 32.6 Å². The molecule has 0 bridgehead atoms. The molecule has 1 aliphatic rings. The molecule has 0 spiro atoms. The number of carbonyl (C=O) groups excluding carboxylic acids is 2. The van der Waals surface area contributed by atoms with Crippen molar-refractivity contribution in [3.8, 4) is 0 Å². The molecular weight excluding hydrogens is 436 g/mol. The van der Waals surface area contributed by atoms with Crippen LogP contribution < -0.4 is 0 Å². The van der Waals surface area contributed by atoms with Gasteiger partial charge in [-0.1, -0.05) is 20.8 Å². The highest BCUT2D eigenvalue weighted by atomic mass is 16.5. The molecule has 0 aromatic carbocycles. The highest BCUT2D eigenvalue weighted by molar-refractivity contribution is 5.67. The summed E-state index contributed by atoms with van der Waals surface area (Å²) in [6.07, 6.45) is 6.90.